The topological polar surface area (TPSA) is 61.4 Å². The first kappa shape index (κ1) is 16.2. The predicted molar refractivity (Wildman–Crippen MR) is 91.7 cm³/mol. The zero-order valence-corrected chi connectivity index (χ0v) is 13.6. The lowest BCUT2D eigenvalue weighted by Crippen LogP contribution is -2.57. The highest BCUT2D eigenvalue weighted by Gasteiger charge is 2.37. The summed E-state index contributed by atoms with van der Waals surface area (Å²) in [6.45, 7) is 2.70. The van der Waals surface area contributed by atoms with Crippen LogP contribution >= 0.6 is 0 Å². The Hall–Kier alpha value is -2.66. The minimum atomic E-state index is -0.272. The molecule has 0 saturated carbocycles. The normalized spacial score (nSPS) is 14.9. The summed E-state index contributed by atoms with van der Waals surface area (Å²) in [6.07, 6.45) is 0. The highest BCUT2D eigenvalue weighted by molar-refractivity contribution is 5.83. The van der Waals surface area contributed by atoms with Gasteiger partial charge in [0, 0.05) is 20.0 Å². The van der Waals surface area contributed by atoms with Crippen LogP contribution in [0.15, 0.2) is 60.7 Å². The molecule has 1 aliphatic rings. The quantitative estimate of drug-likeness (QED) is 0.845. The average molecular weight is 323 g/mol. The van der Waals surface area contributed by atoms with Crippen LogP contribution in [0.2, 0.25) is 0 Å². The Bertz CT molecular complexity index is 658. The van der Waals surface area contributed by atoms with E-state index in [0.717, 1.165) is 0 Å². The summed E-state index contributed by atoms with van der Waals surface area (Å²) in [6, 6.07) is 20.7. The number of carbonyl (C=O) groups is 2. The lowest BCUT2D eigenvalue weighted by Gasteiger charge is -2.43. The van der Waals surface area contributed by atoms with Crippen molar-refractivity contribution in [3.05, 3.63) is 71.8 Å². The molecule has 24 heavy (non-hydrogen) atoms. The van der Waals surface area contributed by atoms with Crippen molar-refractivity contribution >= 4 is 11.8 Å². The van der Waals surface area contributed by atoms with E-state index in [1.807, 2.05) is 36.4 Å². The van der Waals surface area contributed by atoms with Crippen LogP contribution in [0.3, 0.4) is 0 Å². The van der Waals surface area contributed by atoms with Crippen molar-refractivity contribution in [3.63, 3.8) is 0 Å². The number of hydrogen-bond acceptors (Lipinski definition) is 3. The van der Waals surface area contributed by atoms with E-state index in [2.05, 4.69) is 40.0 Å². The number of nitrogens with one attached hydrogen (secondary N) is 2. The molecule has 1 saturated heterocycles. The Morgan fingerprint density at radius 2 is 1.42 bits per heavy atom. The first-order valence-corrected chi connectivity index (χ1v) is 8.05. The Kier molecular flexibility index (Phi) is 4.91. The highest BCUT2D eigenvalue weighted by atomic mass is 16.2. The molecule has 0 bridgehead atoms. The van der Waals surface area contributed by atoms with Gasteiger partial charge < -0.3 is 0 Å². The molecule has 0 atom stereocenters. The van der Waals surface area contributed by atoms with Crippen molar-refractivity contribution in [3.8, 4) is 0 Å². The molecule has 0 aliphatic carbocycles. The molecule has 5 heteroatoms. The molecule has 0 unspecified atom stereocenters. The highest BCUT2D eigenvalue weighted by Crippen LogP contribution is 2.34. The fourth-order valence-corrected chi connectivity index (χ4v) is 3.03. The number of nitrogens with zero attached hydrogens (tertiary/aromatic N) is 1. The van der Waals surface area contributed by atoms with Crippen LogP contribution in [0, 0.1) is 5.92 Å². The lowest BCUT2D eigenvalue weighted by atomic mass is 9.90. The van der Waals surface area contributed by atoms with E-state index in [9.17, 15) is 9.59 Å². The summed E-state index contributed by atoms with van der Waals surface area (Å²) >= 11 is 0. The molecule has 2 aromatic rings. The van der Waals surface area contributed by atoms with Gasteiger partial charge in [-0.25, -0.2) is 0 Å². The minimum Gasteiger partial charge on any atom is -0.291 e. The van der Waals surface area contributed by atoms with Crippen molar-refractivity contribution in [1.82, 2.24) is 15.8 Å². The molecular formula is C19H21N3O2. The number of rotatable bonds is 4. The van der Waals surface area contributed by atoms with E-state index < -0.39 is 0 Å². The van der Waals surface area contributed by atoms with Crippen LogP contribution in [0.5, 0.6) is 0 Å². The van der Waals surface area contributed by atoms with E-state index in [4.69, 9.17) is 0 Å². The molecule has 0 spiro atoms. The molecule has 3 rings (SSSR count). The van der Waals surface area contributed by atoms with Gasteiger partial charge in [0.15, 0.2) is 0 Å². The van der Waals surface area contributed by atoms with Gasteiger partial charge in [-0.3, -0.25) is 25.3 Å². The number of likely N-dealkylation sites (tertiary alicyclic amines) is 1. The van der Waals surface area contributed by atoms with Gasteiger partial charge >= 0.3 is 0 Å². The van der Waals surface area contributed by atoms with Gasteiger partial charge in [-0.2, -0.15) is 0 Å². The zero-order chi connectivity index (χ0) is 16.9. The number of hydrazine groups is 1. The Labute approximate surface area is 141 Å². The smallest absolute Gasteiger partial charge is 0.244 e. The maximum atomic E-state index is 12.0. The molecule has 124 valence electrons. The van der Waals surface area contributed by atoms with Crippen molar-refractivity contribution in [2.45, 2.75) is 13.0 Å². The van der Waals surface area contributed by atoms with Crippen molar-refractivity contribution < 1.29 is 9.59 Å². The summed E-state index contributed by atoms with van der Waals surface area (Å²) in [5.41, 5.74) is 7.23. The zero-order valence-electron chi connectivity index (χ0n) is 13.6. The first-order chi connectivity index (χ1) is 11.6. The van der Waals surface area contributed by atoms with Crippen molar-refractivity contribution in [1.29, 1.82) is 0 Å². The molecule has 0 radical (unpaired) electrons. The summed E-state index contributed by atoms with van der Waals surface area (Å²) in [5.74, 6) is -0.515. The minimum absolute atomic E-state index is 0.105. The van der Waals surface area contributed by atoms with Gasteiger partial charge in [-0.05, 0) is 11.1 Å². The second kappa shape index (κ2) is 7.27. The molecule has 1 aliphatic heterocycles. The van der Waals surface area contributed by atoms with Crippen LogP contribution in [0.25, 0.3) is 0 Å². The van der Waals surface area contributed by atoms with Gasteiger partial charge in [0.05, 0.1) is 12.0 Å². The fourth-order valence-electron chi connectivity index (χ4n) is 3.03. The third-order valence-electron chi connectivity index (χ3n) is 4.24. The van der Waals surface area contributed by atoms with Crippen LogP contribution in [0.1, 0.15) is 24.1 Å². The second-order valence-corrected chi connectivity index (χ2v) is 6.05. The van der Waals surface area contributed by atoms with E-state index in [0.29, 0.717) is 13.1 Å². The summed E-state index contributed by atoms with van der Waals surface area (Å²) in [5, 5.41) is 0. The van der Waals surface area contributed by atoms with Gasteiger partial charge in [0.25, 0.3) is 0 Å². The molecule has 2 N–H and O–H groups in total. The van der Waals surface area contributed by atoms with E-state index in [-0.39, 0.29) is 23.8 Å². The van der Waals surface area contributed by atoms with Gasteiger partial charge in [0.1, 0.15) is 0 Å². The maximum Gasteiger partial charge on any atom is 0.244 e. The average Bonchev–Trinajstić information content (AvgIpc) is 2.57. The molecule has 1 heterocycles. The largest absolute Gasteiger partial charge is 0.291 e. The first-order valence-electron chi connectivity index (χ1n) is 8.05. The SMILES string of the molecule is CC(=O)NNC(=O)C1CN(C(c2ccccc2)c2ccccc2)C1. The Morgan fingerprint density at radius 3 is 1.88 bits per heavy atom. The van der Waals surface area contributed by atoms with Gasteiger partial charge in [-0.15, -0.1) is 0 Å². The molecule has 5 nitrogen and oxygen atoms in total. The summed E-state index contributed by atoms with van der Waals surface area (Å²) in [4.78, 5) is 25.2. The lowest BCUT2D eigenvalue weighted by molar-refractivity contribution is -0.135. The van der Waals surface area contributed by atoms with Gasteiger partial charge in [0.2, 0.25) is 11.8 Å². The molecule has 0 aromatic heterocycles. The maximum absolute atomic E-state index is 12.0. The molecule has 2 aromatic carbocycles. The predicted octanol–water partition coefficient (Wildman–Crippen LogP) is 1.88. The number of amides is 2. The van der Waals surface area contributed by atoms with Crippen molar-refractivity contribution in [2.24, 2.45) is 5.92 Å². The fraction of sp³-hybridized carbons (Fsp3) is 0.263. The summed E-state index contributed by atoms with van der Waals surface area (Å²) in [7, 11) is 0. The third kappa shape index (κ3) is 3.63. The van der Waals surface area contributed by atoms with Gasteiger partial charge in [-0.1, -0.05) is 60.7 Å². The van der Waals surface area contributed by atoms with E-state index in [1.54, 1.807) is 0 Å². The molecule has 1 fully saturated rings. The standard InChI is InChI=1S/C19H21N3O2/c1-14(23)20-21-19(24)17-12-22(13-17)18(15-8-4-2-5-9-15)16-10-6-3-7-11-16/h2-11,17-18H,12-13H2,1H3,(H,20,23)(H,21,24). The van der Waals surface area contributed by atoms with Crippen molar-refractivity contribution in [2.75, 3.05) is 13.1 Å². The van der Waals surface area contributed by atoms with E-state index in [1.165, 1.54) is 18.1 Å². The van der Waals surface area contributed by atoms with Crippen LogP contribution in [0.4, 0.5) is 0 Å². The van der Waals surface area contributed by atoms with E-state index >= 15 is 0 Å². The monoisotopic (exact) mass is 323 g/mol. The number of carbonyl (C=O) groups excluding carboxylic acids is 2. The Balaban J connectivity index is 1.71. The second-order valence-electron chi connectivity index (χ2n) is 6.05. The summed E-state index contributed by atoms with van der Waals surface area (Å²) < 4.78 is 0. The number of hydrogen-bond donors (Lipinski definition) is 2. The Morgan fingerprint density at radius 1 is 0.917 bits per heavy atom. The molecule has 2 amide bonds. The molecular weight excluding hydrogens is 302 g/mol. The number of benzene rings is 2. The third-order valence-corrected chi connectivity index (χ3v) is 4.24. The van der Waals surface area contributed by atoms with Crippen LogP contribution in [-0.2, 0) is 9.59 Å². The van der Waals surface area contributed by atoms with Crippen LogP contribution in [-0.4, -0.2) is 29.8 Å². The van der Waals surface area contributed by atoms with Crippen LogP contribution < -0.4 is 10.9 Å².